The lowest BCUT2D eigenvalue weighted by Crippen LogP contribution is -2.49. The first-order chi connectivity index (χ1) is 10.7. The number of hydrogen-bond acceptors (Lipinski definition) is 4. The maximum atomic E-state index is 12.3. The lowest BCUT2D eigenvalue weighted by Gasteiger charge is -2.36. The lowest BCUT2D eigenvalue weighted by atomic mass is 9.97. The van der Waals surface area contributed by atoms with Crippen molar-refractivity contribution >= 4 is 6.09 Å². The highest BCUT2D eigenvalue weighted by molar-refractivity contribution is 5.72. The monoisotopic (exact) mass is 298 g/mol. The molecule has 3 rings (SSSR count). The van der Waals surface area contributed by atoms with Gasteiger partial charge in [0.15, 0.2) is 6.10 Å². The topological polar surface area (TPSA) is 51.7 Å². The zero-order chi connectivity index (χ0) is 15.6. The largest absolute Gasteiger partial charge is 0.441 e. The number of methoxy groups -OCH3 is 1. The summed E-state index contributed by atoms with van der Waals surface area (Å²) in [5.74, 6) is 0. The number of carbonyl (C=O) groups is 1. The number of ether oxygens (including phenoxy) is 2. The molecule has 0 N–H and O–H groups in total. The predicted octanol–water partition coefficient (Wildman–Crippen LogP) is 2.92. The third kappa shape index (κ3) is 2.23. The summed E-state index contributed by atoms with van der Waals surface area (Å²) in [6, 6.07) is 13.5. The molecule has 1 aliphatic rings. The van der Waals surface area contributed by atoms with Gasteiger partial charge in [-0.1, -0.05) is 36.4 Å². The number of benzene rings is 1. The molecule has 0 saturated carbocycles. The molecular formula is C17H18N2O3. The van der Waals surface area contributed by atoms with Crippen molar-refractivity contribution in [3.63, 3.8) is 0 Å². The van der Waals surface area contributed by atoms with Crippen LogP contribution in [0, 0.1) is 0 Å². The number of nitrogens with zero attached hydrogens (tertiary/aromatic N) is 2. The van der Waals surface area contributed by atoms with Gasteiger partial charge in [0.1, 0.15) is 0 Å². The van der Waals surface area contributed by atoms with Crippen molar-refractivity contribution in [3.05, 3.63) is 66.0 Å². The van der Waals surface area contributed by atoms with Crippen molar-refractivity contribution in [3.8, 4) is 0 Å². The van der Waals surface area contributed by atoms with Gasteiger partial charge in [0.2, 0.25) is 5.72 Å². The van der Waals surface area contributed by atoms with Gasteiger partial charge in [-0.2, -0.15) is 0 Å². The number of amides is 1. The Hall–Kier alpha value is -2.40. The van der Waals surface area contributed by atoms with Crippen LogP contribution in [0.3, 0.4) is 0 Å². The molecule has 1 saturated heterocycles. The summed E-state index contributed by atoms with van der Waals surface area (Å²) < 4.78 is 11.2. The van der Waals surface area contributed by atoms with Crippen LogP contribution >= 0.6 is 0 Å². The molecule has 2 atom stereocenters. The van der Waals surface area contributed by atoms with Crippen LogP contribution in [0.1, 0.15) is 18.1 Å². The standard InChI is InChI=1S/C17H18N2O3/c1-13-17(21-2,15-9-6-10-18-11-15)19(16(20)22-13)12-14-7-4-3-5-8-14/h3-11,13H,12H2,1-2H3. The van der Waals surface area contributed by atoms with E-state index in [1.165, 1.54) is 0 Å². The first-order valence-corrected chi connectivity index (χ1v) is 7.16. The van der Waals surface area contributed by atoms with E-state index in [-0.39, 0.29) is 6.09 Å². The fourth-order valence-electron chi connectivity index (χ4n) is 2.96. The van der Waals surface area contributed by atoms with E-state index in [0.29, 0.717) is 6.54 Å². The second kappa shape index (κ2) is 5.77. The van der Waals surface area contributed by atoms with Gasteiger partial charge in [-0.3, -0.25) is 9.88 Å². The van der Waals surface area contributed by atoms with E-state index in [2.05, 4.69) is 4.98 Å². The summed E-state index contributed by atoms with van der Waals surface area (Å²) in [6.45, 7) is 2.24. The van der Waals surface area contributed by atoms with Gasteiger partial charge in [-0.25, -0.2) is 4.79 Å². The highest BCUT2D eigenvalue weighted by Crippen LogP contribution is 2.41. The summed E-state index contributed by atoms with van der Waals surface area (Å²) in [5.41, 5.74) is 0.840. The quantitative estimate of drug-likeness (QED) is 0.871. The average Bonchev–Trinajstić information content (AvgIpc) is 2.80. The van der Waals surface area contributed by atoms with Crippen LogP contribution < -0.4 is 0 Å². The van der Waals surface area contributed by atoms with E-state index < -0.39 is 11.8 Å². The molecule has 1 aliphatic heterocycles. The van der Waals surface area contributed by atoms with Gasteiger partial charge in [0.05, 0.1) is 6.54 Å². The summed E-state index contributed by atoms with van der Waals surface area (Å²) in [5, 5.41) is 0. The molecule has 0 radical (unpaired) electrons. The number of rotatable bonds is 4. The molecule has 1 aromatic heterocycles. The van der Waals surface area contributed by atoms with E-state index in [4.69, 9.17) is 9.47 Å². The Bertz CT molecular complexity index is 647. The van der Waals surface area contributed by atoms with Crippen LogP contribution in [0.2, 0.25) is 0 Å². The average molecular weight is 298 g/mol. The highest BCUT2D eigenvalue weighted by Gasteiger charge is 2.55. The van der Waals surface area contributed by atoms with E-state index in [1.807, 2.05) is 49.4 Å². The highest BCUT2D eigenvalue weighted by atomic mass is 16.6. The van der Waals surface area contributed by atoms with Crippen molar-refractivity contribution in [1.29, 1.82) is 0 Å². The molecule has 0 bridgehead atoms. The van der Waals surface area contributed by atoms with Crippen molar-refractivity contribution in [2.45, 2.75) is 25.3 Å². The Balaban J connectivity index is 2.03. The number of cyclic esters (lactones) is 1. The summed E-state index contributed by atoms with van der Waals surface area (Å²) in [6.07, 6.45) is 2.58. The molecule has 1 aromatic carbocycles. The van der Waals surface area contributed by atoms with Gasteiger partial charge < -0.3 is 9.47 Å². The molecular weight excluding hydrogens is 280 g/mol. The molecule has 0 aliphatic carbocycles. The van der Waals surface area contributed by atoms with E-state index in [1.54, 1.807) is 24.4 Å². The maximum absolute atomic E-state index is 12.3. The summed E-state index contributed by atoms with van der Waals surface area (Å²) in [4.78, 5) is 18.1. The van der Waals surface area contributed by atoms with Crippen molar-refractivity contribution in [2.24, 2.45) is 0 Å². The number of hydrogen-bond donors (Lipinski definition) is 0. The lowest BCUT2D eigenvalue weighted by molar-refractivity contribution is -0.135. The van der Waals surface area contributed by atoms with Crippen LogP contribution in [-0.2, 0) is 21.7 Å². The molecule has 22 heavy (non-hydrogen) atoms. The molecule has 2 aromatic rings. The number of carbonyl (C=O) groups excluding carboxylic acids is 1. The molecule has 1 fully saturated rings. The maximum Gasteiger partial charge on any atom is 0.413 e. The Morgan fingerprint density at radius 3 is 2.68 bits per heavy atom. The molecule has 0 spiro atoms. The second-order valence-corrected chi connectivity index (χ2v) is 5.24. The van der Waals surface area contributed by atoms with E-state index in [9.17, 15) is 4.79 Å². The molecule has 5 nitrogen and oxygen atoms in total. The molecule has 5 heteroatoms. The zero-order valence-electron chi connectivity index (χ0n) is 12.6. The third-order valence-electron chi connectivity index (χ3n) is 4.02. The van der Waals surface area contributed by atoms with Gasteiger partial charge in [0.25, 0.3) is 0 Å². The van der Waals surface area contributed by atoms with Crippen LogP contribution in [0.25, 0.3) is 0 Å². The summed E-state index contributed by atoms with van der Waals surface area (Å²) in [7, 11) is 1.59. The third-order valence-corrected chi connectivity index (χ3v) is 4.02. The van der Waals surface area contributed by atoms with E-state index in [0.717, 1.165) is 11.1 Å². The SMILES string of the molecule is COC1(c2cccnc2)C(C)OC(=O)N1Cc1ccccc1. The first-order valence-electron chi connectivity index (χ1n) is 7.16. The minimum atomic E-state index is -0.971. The van der Waals surface area contributed by atoms with Crippen molar-refractivity contribution in [1.82, 2.24) is 9.88 Å². The van der Waals surface area contributed by atoms with Crippen LogP contribution in [-0.4, -0.2) is 29.2 Å². The number of pyridine rings is 1. The van der Waals surface area contributed by atoms with Gasteiger partial charge in [-0.05, 0) is 18.6 Å². The Labute approximate surface area is 129 Å². The van der Waals surface area contributed by atoms with Crippen LogP contribution in [0.4, 0.5) is 4.79 Å². The van der Waals surface area contributed by atoms with Crippen molar-refractivity contribution < 1.29 is 14.3 Å². The van der Waals surface area contributed by atoms with Gasteiger partial charge in [-0.15, -0.1) is 0 Å². The smallest absolute Gasteiger partial charge is 0.413 e. The molecule has 2 unspecified atom stereocenters. The van der Waals surface area contributed by atoms with E-state index >= 15 is 0 Å². The second-order valence-electron chi connectivity index (χ2n) is 5.24. The van der Waals surface area contributed by atoms with Crippen molar-refractivity contribution in [2.75, 3.05) is 7.11 Å². The van der Waals surface area contributed by atoms with Gasteiger partial charge >= 0.3 is 6.09 Å². The zero-order valence-corrected chi connectivity index (χ0v) is 12.6. The Morgan fingerprint density at radius 1 is 1.27 bits per heavy atom. The Morgan fingerprint density at radius 2 is 2.05 bits per heavy atom. The minimum absolute atomic E-state index is 0.387. The Kier molecular flexibility index (Phi) is 3.81. The number of aromatic nitrogens is 1. The van der Waals surface area contributed by atoms with Crippen LogP contribution in [0.15, 0.2) is 54.9 Å². The fourth-order valence-corrected chi connectivity index (χ4v) is 2.96. The minimum Gasteiger partial charge on any atom is -0.441 e. The molecule has 2 heterocycles. The normalized spacial score (nSPS) is 24.4. The van der Waals surface area contributed by atoms with Crippen LogP contribution in [0.5, 0.6) is 0 Å². The summed E-state index contributed by atoms with van der Waals surface area (Å²) >= 11 is 0. The fraction of sp³-hybridized carbons (Fsp3) is 0.294. The molecule has 1 amide bonds. The first kappa shape index (κ1) is 14.5. The molecule has 114 valence electrons. The van der Waals surface area contributed by atoms with Gasteiger partial charge in [0, 0.05) is 25.1 Å². The predicted molar refractivity (Wildman–Crippen MR) is 80.9 cm³/mol.